The summed E-state index contributed by atoms with van der Waals surface area (Å²) < 4.78 is 48.4. The van der Waals surface area contributed by atoms with E-state index in [1.54, 1.807) is 6.07 Å². The van der Waals surface area contributed by atoms with Crippen LogP contribution in [-0.2, 0) is 11.0 Å². The molecule has 8 heteroatoms. The summed E-state index contributed by atoms with van der Waals surface area (Å²) in [7, 11) is 1.40. The van der Waals surface area contributed by atoms with Gasteiger partial charge in [-0.15, -0.1) is 0 Å². The lowest BCUT2D eigenvalue weighted by molar-refractivity contribution is -0.137. The predicted molar refractivity (Wildman–Crippen MR) is 93.2 cm³/mol. The molecule has 0 aliphatic carbocycles. The lowest BCUT2D eigenvalue weighted by atomic mass is 10.1. The second-order valence-electron chi connectivity index (χ2n) is 5.75. The van der Waals surface area contributed by atoms with E-state index in [4.69, 9.17) is 9.47 Å². The second kappa shape index (κ2) is 8.11. The molecule has 0 spiro atoms. The van der Waals surface area contributed by atoms with Crippen molar-refractivity contribution in [2.24, 2.45) is 0 Å². The van der Waals surface area contributed by atoms with Crippen molar-refractivity contribution >= 4 is 17.4 Å². The van der Waals surface area contributed by atoms with Gasteiger partial charge in [0.1, 0.15) is 0 Å². The lowest BCUT2D eigenvalue weighted by Crippen LogP contribution is -2.30. The first-order valence-electron chi connectivity index (χ1n) is 7.95. The van der Waals surface area contributed by atoms with Crippen molar-refractivity contribution < 1.29 is 32.2 Å². The maximum Gasteiger partial charge on any atom is 0.416 e. The van der Waals surface area contributed by atoms with Gasteiger partial charge in [-0.1, -0.05) is 0 Å². The minimum atomic E-state index is -4.44. The Hall–Kier alpha value is -3.03. The number of halogens is 3. The van der Waals surface area contributed by atoms with Crippen LogP contribution in [0.2, 0.25) is 0 Å². The molecule has 144 valence electrons. The number of alkyl halides is 3. The second-order valence-corrected chi connectivity index (χ2v) is 5.75. The Labute approximate surface area is 154 Å². The average Bonchev–Trinajstić information content (AvgIpc) is 2.61. The Morgan fingerprint density at radius 2 is 1.67 bits per heavy atom. The number of anilines is 1. The third kappa shape index (κ3) is 5.22. The average molecular weight is 381 g/mol. The summed E-state index contributed by atoms with van der Waals surface area (Å²) in [5.41, 5.74) is -0.163. The third-order valence-electron chi connectivity index (χ3n) is 3.72. The molecule has 0 radical (unpaired) electrons. The van der Waals surface area contributed by atoms with E-state index in [2.05, 4.69) is 5.32 Å². The molecule has 27 heavy (non-hydrogen) atoms. The molecule has 2 aromatic carbocycles. The number of Topliss-reactive ketones (excluding diaryl/α,β-unsaturated/α-hetero) is 1. The molecule has 1 atom stereocenters. The Kier molecular flexibility index (Phi) is 6.09. The fourth-order valence-corrected chi connectivity index (χ4v) is 2.21. The van der Waals surface area contributed by atoms with Crippen LogP contribution in [-0.4, -0.2) is 24.9 Å². The molecule has 0 fully saturated rings. The number of carbonyl (C=O) groups excluding carboxylic acids is 2. The van der Waals surface area contributed by atoms with Gasteiger partial charge in [-0.05, 0) is 56.3 Å². The van der Waals surface area contributed by atoms with E-state index in [-0.39, 0.29) is 23.0 Å². The van der Waals surface area contributed by atoms with Crippen LogP contribution in [0.25, 0.3) is 0 Å². The van der Waals surface area contributed by atoms with Gasteiger partial charge >= 0.3 is 6.18 Å². The van der Waals surface area contributed by atoms with Gasteiger partial charge in [0.2, 0.25) is 0 Å². The smallest absolute Gasteiger partial charge is 0.416 e. The molecule has 0 bridgehead atoms. The van der Waals surface area contributed by atoms with Crippen molar-refractivity contribution in [2.75, 3.05) is 12.4 Å². The number of benzene rings is 2. The summed E-state index contributed by atoms with van der Waals surface area (Å²) in [5, 5.41) is 2.48. The molecule has 1 N–H and O–H groups in total. The topological polar surface area (TPSA) is 64.6 Å². The minimum Gasteiger partial charge on any atom is -0.493 e. The molecular weight excluding hydrogens is 363 g/mol. The van der Waals surface area contributed by atoms with E-state index in [1.165, 1.54) is 33.1 Å². The Morgan fingerprint density at radius 1 is 1.04 bits per heavy atom. The zero-order valence-electron chi connectivity index (χ0n) is 14.9. The SMILES string of the molecule is COc1cc(C(C)=O)ccc1OC(C)C(=O)Nc1ccc(C(F)(F)F)cc1. The zero-order valence-corrected chi connectivity index (χ0v) is 14.9. The Bertz CT molecular complexity index is 832. The van der Waals surface area contributed by atoms with Gasteiger partial charge in [-0.3, -0.25) is 9.59 Å². The first-order chi connectivity index (χ1) is 12.6. The number of methoxy groups -OCH3 is 1. The van der Waals surface area contributed by atoms with E-state index in [9.17, 15) is 22.8 Å². The summed E-state index contributed by atoms with van der Waals surface area (Å²) in [6, 6.07) is 8.64. The Balaban J connectivity index is 2.06. The molecule has 2 rings (SSSR count). The maximum atomic E-state index is 12.6. The number of ketones is 1. The van der Waals surface area contributed by atoms with Crippen LogP contribution in [0.5, 0.6) is 11.5 Å². The van der Waals surface area contributed by atoms with Gasteiger partial charge in [-0.25, -0.2) is 0 Å². The number of hydrogen-bond acceptors (Lipinski definition) is 4. The fourth-order valence-electron chi connectivity index (χ4n) is 2.21. The van der Waals surface area contributed by atoms with Crippen molar-refractivity contribution in [3.8, 4) is 11.5 Å². The molecule has 0 saturated heterocycles. The van der Waals surface area contributed by atoms with Crippen molar-refractivity contribution in [3.05, 3.63) is 53.6 Å². The van der Waals surface area contributed by atoms with Crippen LogP contribution in [0, 0.1) is 0 Å². The van der Waals surface area contributed by atoms with Gasteiger partial charge in [-0.2, -0.15) is 13.2 Å². The van der Waals surface area contributed by atoms with Gasteiger partial charge in [0.25, 0.3) is 5.91 Å². The molecule has 0 heterocycles. The summed E-state index contributed by atoms with van der Waals surface area (Å²) in [6.45, 7) is 2.90. The predicted octanol–water partition coefficient (Wildman–Crippen LogP) is 4.32. The number of carbonyl (C=O) groups is 2. The minimum absolute atomic E-state index is 0.145. The first-order valence-corrected chi connectivity index (χ1v) is 7.95. The van der Waals surface area contributed by atoms with Crippen LogP contribution >= 0.6 is 0 Å². The van der Waals surface area contributed by atoms with Crippen molar-refractivity contribution in [1.29, 1.82) is 0 Å². The van der Waals surface area contributed by atoms with E-state index >= 15 is 0 Å². The van der Waals surface area contributed by atoms with Gasteiger partial charge in [0.05, 0.1) is 12.7 Å². The highest BCUT2D eigenvalue weighted by Gasteiger charge is 2.30. The van der Waals surface area contributed by atoms with Crippen LogP contribution in [0.3, 0.4) is 0 Å². The van der Waals surface area contributed by atoms with Gasteiger partial charge < -0.3 is 14.8 Å². The normalized spacial score (nSPS) is 12.2. The van der Waals surface area contributed by atoms with E-state index in [0.29, 0.717) is 5.56 Å². The highest BCUT2D eigenvalue weighted by Crippen LogP contribution is 2.31. The van der Waals surface area contributed by atoms with Crippen molar-refractivity contribution in [2.45, 2.75) is 26.1 Å². The molecule has 0 saturated carbocycles. The molecule has 0 aromatic heterocycles. The molecule has 2 aromatic rings. The fraction of sp³-hybridized carbons (Fsp3) is 0.263. The lowest BCUT2D eigenvalue weighted by Gasteiger charge is -2.17. The summed E-state index contributed by atoms with van der Waals surface area (Å²) in [5.74, 6) is -0.144. The number of nitrogens with one attached hydrogen (secondary N) is 1. The highest BCUT2D eigenvalue weighted by atomic mass is 19.4. The number of amides is 1. The quantitative estimate of drug-likeness (QED) is 0.757. The molecule has 5 nitrogen and oxygen atoms in total. The standard InChI is InChI=1S/C19H18F3NO4/c1-11(24)13-4-9-16(17(10-13)26-3)27-12(2)18(25)23-15-7-5-14(6-8-15)19(20,21)22/h4-10,12H,1-3H3,(H,23,25). The summed E-state index contributed by atoms with van der Waals surface area (Å²) in [4.78, 5) is 23.6. The van der Waals surface area contributed by atoms with Gasteiger partial charge in [0.15, 0.2) is 23.4 Å². The Morgan fingerprint density at radius 3 is 2.19 bits per heavy atom. The molecule has 1 unspecified atom stereocenters. The third-order valence-corrected chi connectivity index (χ3v) is 3.72. The van der Waals surface area contributed by atoms with Gasteiger partial charge in [0, 0.05) is 11.3 Å². The zero-order chi connectivity index (χ0) is 20.2. The summed E-state index contributed by atoms with van der Waals surface area (Å²) >= 11 is 0. The van der Waals surface area contributed by atoms with Crippen LogP contribution < -0.4 is 14.8 Å². The van der Waals surface area contributed by atoms with Crippen LogP contribution in [0.15, 0.2) is 42.5 Å². The number of rotatable bonds is 6. The highest BCUT2D eigenvalue weighted by molar-refractivity contribution is 5.95. The molecule has 0 aliphatic heterocycles. The number of ether oxygens (including phenoxy) is 2. The first kappa shape index (κ1) is 20.3. The van der Waals surface area contributed by atoms with E-state index in [1.807, 2.05) is 0 Å². The molecule has 1 amide bonds. The molecule has 0 aliphatic rings. The van der Waals surface area contributed by atoms with Crippen LogP contribution in [0.4, 0.5) is 18.9 Å². The van der Waals surface area contributed by atoms with Crippen molar-refractivity contribution in [1.82, 2.24) is 0 Å². The monoisotopic (exact) mass is 381 g/mol. The number of hydrogen-bond donors (Lipinski definition) is 1. The van der Waals surface area contributed by atoms with Crippen molar-refractivity contribution in [3.63, 3.8) is 0 Å². The van der Waals surface area contributed by atoms with E-state index in [0.717, 1.165) is 24.3 Å². The largest absolute Gasteiger partial charge is 0.493 e. The maximum absolute atomic E-state index is 12.6. The summed E-state index contributed by atoms with van der Waals surface area (Å²) in [6.07, 6.45) is -5.40. The van der Waals surface area contributed by atoms with Crippen LogP contribution in [0.1, 0.15) is 29.8 Å². The van der Waals surface area contributed by atoms with E-state index < -0.39 is 23.8 Å². The molecular formula is C19H18F3NO4.